The van der Waals surface area contributed by atoms with Gasteiger partial charge in [-0.25, -0.2) is 14.8 Å². The molecule has 172 valence electrons. The lowest BCUT2D eigenvalue weighted by molar-refractivity contribution is 0.0277. The van der Waals surface area contributed by atoms with E-state index in [1.165, 1.54) is 4.90 Å². The molecule has 0 aliphatic carbocycles. The summed E-state index contributed by atoms with van der Waals surface area (Å²) >= 11 is 6.18. The molecule has 9 nitrogen and oxygen atoms in total. The number of amides is 1. The zero-order valence-electron chi connectivity index (χ0n) is 19.1. The number of carbonyl (C=O) groups excluding carboxylic acids is 1. The van der Waals surface area contributed by atoms with Gasteiger partial charge in [0.05, 0.1) is 12.7 Å². The number of carbonyl (C=O) groups is 1. The molecule has 3 rings (SSSR count). The molecule has 0 spiro atoms. The SMILES string of the molecule is CCc1cnn2c(NCc3ccc(OCCN(C)C(=O)OC(C)(C)C)nc3)cc(Cl)nc12. The standard InChI is InChI=1S/C22H29ClN6O3/c1-6-16-14-26-29-18(11-17(23)27-20(16)29)24-12-15-7-8-19(25-13-15)31-10-9-28(5)21(30)32-22(2,3)4/h7-8,11,13-14,24H,6,9-10,12H2,1-5H3. The zero-order chi connectivity index (χ0) is 23.3. The van der Waals surface area contributed by atoms with Gasteiger partial charge < -0.3 is 19.7 Å². The van der Waals surface area contributed by atoms with Gasteiger partial charge in [-0.05, 0) is 32.8 Å². The first-order valence-corrected chi connectivity index (χ1v) is 10.8. The molecule has 0 aliphatic rings. The van der Waals surface area contributed by atoms with Crippen molar-refractivity contribution in [2.24, 2.45) is 0 Å². The summed E-state index contributed by atoms with van der Waals surface area (Å²) in [4.78, 5) is 22.1. The molecule has 0 saturated heterocycles. The highest BCUT2D eigenvalue weighted by Gasteiger charge is 2.19. The van der Waals surface area contributed by atoms with E-state index in [2.05, 4.69) is 27.3 Å². The normalized spacial score (nSPS) is 11.4. The van der Waals surface area contributed by atoms with Crippen LogP contribution in [0.5, 0.6) is 5.88 Å². The number of aromatic nitrogens is 4. The third-order valence-corrected chi connectivity index (χ3v) is 4.74. The number of nitrogens with one attached hydrogen (secondary N) is 1. The number of likely N-dealkylation sites (N-methyl/N-ethyl adjacent to an activating group) is 1. The first-order valence-electron chi connectivity index (χ1n) is 10.4. The molecule has 3 aromatic rings. The number of aryl methyl sites for hydroxylation is 1. The fourth-order valence-electron chi connectivity index (χ4n) is 2.87. The molecule has 1 N–H and O–H groups in total. The maximum Gasteiger partial charge on any atom is 0.410 e. The number of rotatable bonds is 8. The second-order valence-corrected chi connectivity index (χ2v) is 8.72. The first kappa shape index (κ1) is 23.6. The minimum absolute atomic E-state index is 0.312. The molecule has 1 amide bonds. The lowest BCUT2D eigenvalue weighted by Gasteiger charge is -2.24. The van der Waals surface area contributed by atoms with Crippen LogP contribution in [0.4, 0.5) is 10.6 Å². The molecule has 10 heteroatoms. The summed E-state index contributed by atoms with van der Waals surface area (Å²) in [5.74, 6) is 1.24. The number of pyridine rings is 1. The van der Waals surface area contributed by atoms with Crippen LogP contribution in [0.25, 0.3) is 5.65 Å². The third-order valence-electron chi connectivity index (χ3n) is 4.55. The van der Waals surface area contributed by atoms with Gasteiger partial charge >= 0.3 is 6.09 Å². The summed E-state index contributed by atoms with van der Waals surface area (Å²) in [5.41, 5.74) is 2.23. The predicted molar refractivity (Wildman–Crippen MR) is 123 cm³/mol. The Kier molecular flexibility index (Phi) is 7.40. The van der Waals surface area contributed by atoms with E-state index in [1.807, 2.05) is 26.8 Å². The van der Waals surface area contributed by atoms with Crippen LogP contribution in [0.1, 0.15) is 38.8 Å². The topological polar surface area (TPSA) is 93.9 Å². The van der Waals surface area contributed by atoms with Crippen molar-refractivity contribution in [1.29, 1.82) is 0 Å². The van der Waals surface area contributed by atoms with Gasteiger partial charge in [-0.15, -0.1) is 0 Å². The van der Waals surface area contributed by atoms with E-state index in [1.54, 1.807) is 36.1 Å². The monoisotopic (exact) mass is 460 g/mol. The fraction of sp³-hybridized carbons (Fsp3) is 0.455. The van der Waals surface area contributed by atoms with Crippen LogP contribution in [-0.4, -0.2) is 56.4 Å². The van der Waals surface area contributed by atoms with E-state index in [-0.39, 0.29) is 6.09 Å². The minimum Gasteiger partial charge on any atom is -0.476 e. The Bertz CT molecular complexity index is 1060. The summed E-state index contributed by atoms with van der Waals surface area (Å²) in [6.07, 6.45) is 3.98. The number of hydrogen-bond donors (Lipinski definition) is 1. The van der Waals surface area contributed by atoms with Gasteiger partial charge in [0.2, 0.25) is 5.88 Å². The highest BCUT2D eigenvalue weighted by molar-refractivity contribution is 6.29. The van der Waals surface area contributed by atoms with Crippen molar-refractivity contribution in [2.45, 2.75) is 46.3 Å². The summed E-state index contributed by atoms with van der Waals surface area (Å²) in [7, 11) is 1.67. The van der Waals surface area contributed by atoms with E-state index < -0.39 is 5.60 Å². The number of halogens is 1. The van der Waals surface area contributed by atoms with Gasteiger partial charge in [-0.1, -0.05) is 24.6 Å². The van der Waals surface area contributed by atoms with E-state index in [4.69, 9.17) is 21.1 Å². The van der Waals surface area contributed by atoms with Gasteiger partial charge in [0, 0.05) is 37.5 Å². The first-order chi connectivity index (χ1) is 15.2. The zero-order valence-corrected chi connectivity index (χ0v) is 19.8. The highest BCUT2D eigenvalue weighted by atomic mass is 35.5. The van der Waals surface area contributed by atoms with E-state index in [0.29, 0.717) is 30.7 Å². The van der Waals surface area contributed by atoms with E-state index in [9.17, 15) is 4.79 Å². The Morgan fingerprint density at radius 2 is 2.06 bits per heavy atom. The van der Waals surface area contributed by atoms with E-state index >= 15 is 0 Å². The van der Waals surface area contributed by atoms with Crippen molar-refractivity contribution in [3.05, 3.63) is 46.9 Å². The van der Waals surface area contributed by atoms with Gasteiger partial charge in [-0.3, -0.25) is 0 Å². The Balaban J connectivity index is 1.52. The van der Waals surface area contributed by atoms with Crippen molar-refractivity contribution in [1.82, 2.24) is 24.5 Å². The lowest BCUT2D eigenvalue weighted by atomic mass is 10.2. The smallest absolute Gasteiger partial charge is 0.410 e. The summed E-state index contributed by atoms with van der Waals surface area (Å²) in [5, 5.41) is 8.14. The average molecular weight is 461 g/mol. The molecule has 0 aromatic carbocycles. The van der Waals surface area contributed by atoms with Crippen molar-refractivity contribution < 1.29 is 14.3 Å². The molecule has 0 aliphatic heterocycles. The van der Waals surface area contributed by atoms with Gasteiger partial charge in [0.1, 0.15) is 23.2 Å². The molecule has 32 heavy (non-hydrogen) atoms. The van der Waals surface area contributed by atoms with Crippen molar-refractivity contribution in [3.8, 4) is 5.88 Å². The number of fused-ring (bicyclic) bond motifs is 1. The van der Waals surface area contributed by atoms with Crippen LogP contribution in [0, 0.1) is 0 Å². The fourth-order valence-corrected chi connectivity index (χ4v) is 3.05. The highest BCUT2D eigenvalue weighted by Crippen LogP contribution is 2.20. The summed E-state index contributed by atoms with van der Waals surface area (Å²) < 4.78 is 12.7. The molecule has 0 fully saturated rings. The largest absolute Gasteiger partial charge is 0.476 e. The second-order valence-electron chi connectivity index (χ2n) is 8.33. The molecule has 0 bridgehead atoms. The molecule has 3 aromatic heterocycles. The Hall–Kier alpha value is -3.07. The molecular formula is C22H29ClN6O3. The van der Waals surface area contributed by atoms with Crippen molar-refractivity contribution in [3.63, 3.8) is 0 Å². The minimum atomic E-state index is -0.527. The molecular weight excluding hydrogens is 432 g/mol. The summed E-state index contributed by atoms with van der Waals surface area (Å²) in [6, 6.07) is 5.46. The molecule has 3 heterocycles. The second kappa shape index (κ2) is 10.0. The molecule has 0 saturated carbocycles. The lowest BCUT2D eigenvalue weighted by Crippen LogP contribution is -2.36. The molecule has 0 unspecified atom stereocenters. The van der Waals surface area contributed by atoms with Crippen molar-refractivity contribution >= 4 is 29.2 Å². The Labute approximate surface area is 192 Å². The third kappa shape index (κ3) is 6.23. The van der Waals surface area contributed by atoms with Crippen LogP contribution in [-0.2, 0) is 17.7 Å². The average Bonchev–Trinajstić information content (AvgIpc) is 3.14. The van der Waals surface area contributed by atoms with Crippen LogP contribution in [0.2, 0.25) is 5.15 Å². The van der Waals surface area contributed by atoms with Crippen LogP contribution in [0.3, 0.4) is 0 Å². The Morgan fingerprint density at radius 1 is 1.28 bits per heavy atom. The van der Waals surface area contributed by atoms with Crippen LogP contribution in [0.15, 0.2) is 30.6 Å². The van der Waals surface area contributed by atoms with Gasteiger partial charge in [0.15, 0.2) is 5.65 Å². The quantitative estimate of drug-likeness (QED) is 0.503. The van der Waals surface area contributed by atoms with Crippen LogP contribution >= 0.6 is 11.6 Å². The molecule has 0 atom stereocenters. The van der Waals surface area contributed by atoms with Crippen LogP contribution < -0.4 is 10.1 Å². The maximum atomic E-state index is 12.0. The number of anilines is 1. The Morgan fingerprint density at radius 3 is 2.72 bits per heavy atom. The predicted octanol–water partition coefficient (Wildman–Crippen LogP) is 4.20. The van der Waals surface area contributed by atoms with E-state index in [0.717, 1.165) is 29.0 Å². The van der Waals surface area contributed by atoms with Gasteiger partial charge in [0.25, 0.3) is 0 Å². The number of ether oxygens (including phenoxy) is 2. The number of nitrogens with zero attached hydrogens (tertiary/aromatic N) is 5. The summed E-state index contributed by atoms with van der Waals surface area (Å²) in [6.45, 7) is 8.79. The molecule has 0 radical (unpaired) electrons. The number of hydrogen-bond acceptors (Lipinski definition) is 7. The van der Waals surface area contributed by atoms with Gasteiger partial charge in [-0.2, -0.15) is 9.61 Å². The maximum absolute atomic E-state index is 12.0. The van der Waals surface area contributed by atoms with Crippen molar-refractivity contribution in [2.75, 3.05) is 25.5 Å².